The predicted molar refractivity (Wildman–Crippen MR) is 119 cm³/mol. The highest BCUT2D eigenvalue weighted by Gasteiger charge is 2.19. The molecule has 7 heteroatoms. The van der Waals surface area contributed by atoms with Crippen molar-refractivity contribution in [1.29, 1.82) is 0 Å². The lowest BCUT2D eigenvalue weighted by molar-refractivity contribution is -0.155. The summed E-state index contributed by atoms with van der Waals surface area (Å²) in [7, 11) is 0. The summed E-state index contributed by atoms with van der Waals surface area (Å²) in [6.45, 7) is 8.63. The topological polar surface area (TPSA) is 79.1 Å². The summed E-state index contributed by atoms with van der Waals surface area (Å²) in [5, 5.41) is 12.7. The molecule has 7 nitrogen and oxygen atoms in total. The minimum absolute atomic E-state index is 0.0320. The third-order valence-corrected chi connectivity index (χ3v) is 4.46. The van der Waals surface area contributed by atoms with Crippen LogP contribution in [0.3, 0.4) is 0 Å². The van der Waals surface area contributed by atoms with Gasteiger partial charge in [-0.2, -0.15) is 4.80 Å². The minimum Gasteiger partial charge on any atom is -0.493 e. The van der Waals surface area contributed by atoms with E-state index in [1.807, 2.05) is 70.2 Å². The van der Waals surface area contributed by atoms with Crippen molar-refractivity contribution in [3.8, 4) is 17.1 Å². The number of benzene rings is 2. The number of hydrogen-bond acceptors (Lipinski definition) is 6. The van der Waals surface area contributed by atoms with Crippen LogP contribution >= 0.6 is 0 Å². The summed E-state index contributed by atoms with van der Waals surface area (Å²) in [6, 6.07) is 17.9. The molecule has 1 heterocycles. The zero-order valence-corrected chi connectivity index (χ0v) is 18.6. The molecule has 2 aromatic carbocycles. The van der Waals surface area contributed by atoms with Gasteiger partial charge < -0.3 is 9.47 Å². The molecule has 0 aliphatic carbocycles. The quantitative estimate of drug-likeness (QED) is 0.478. The van der Waals surface area contributed by atoms with Crippen LogP contribution in [-0.2, 0) is 22.5 Å². The molecule has 1 atom stereocenters. The fourth-order valence-electron chi connectivity index (χ4n) is 3.10. The minimum atomic E-state index is -0.482. The number of tetrazole rings is 1. The van der Waals surface area contributed by atoms with Gasteiger partial charge in [0.2, 0.25) is 5.82 Å². The Balaban J connectivity index is 1.54. The Labute approximate surface area is 183 Å². The molecule has 1 aromatic heterocycles. The van der Waals surface area contributed by atoms with Crippen molar-refractivity contribution in [1.82, 2.24) is 20.2 Å². The first kappa shape index (κ1) is 22.5. The maximum Gasteiger partial charge on any atom is 0.306 e. The Morgan fingerprint density at radius 1 is 1.10 bits per heavy atom. The molecule has 0 aliphatic heterocycles. The number of rotatable bonds is 9. The van der Waals surface area contributed by atoms with E-state index in [9.17, 15) is 4.79 Å². The Bertz CT molecular complexity index is 980. The summed E-state index contributed by atoms with van der Waals surface area (Å²) in [5.41, 5.74) is 1.59. The summed E-state index contributed by atoms with van der Waals surface area (Å²) >= 11 is 0. The average molecular weight is 423 g/mol. The number of carbonyl (C=O) groups is 1. The van der Waals surface area contributed by atoms with Gasteiger partial charge in [-0.05, 0) is 49.6 Å². The van der Waals surface area contributed by atoms with E-state index in [1.54, 1.807) is 0 Å². The number of esters is 1. The van der Waals surface area contributed by atoms with E-state index in [4.69, 9.17) is 9.47 Å². The third kappa shape index (κ3) is 7.51. The monoisotopic (exact) mass is 422 g/mol. The first-order chi connectivity index (χ1) is 14.8. The molecule has 0 unspecified atom stereocenters. The highest BCUT2D eigenvalue weighted by Crippen LogP contribution is 2.21. The summed E-state index contributed by atoms with van der Waals surface area (Å²) in [6.07, 6.45) is 1.15. The van der Waals surface area contributed by atoms with Gasteiger partial charge in [0, 0.05) is 18.4 Å². The molecule has 0 aliphatic rings. The van der Waals surface area contributed by atoms with Crippen molar-refractivity contribution >= 4 is 5.97 Å². The first-order valence-corrected chi connectivity index (χ1v) is 10.6. The number of nitrogens with zero attached hydrogens (tertiary/aromatic N) is 4. The normalized spacial score (nSPS) is 12.4. The molecule has 0 saturated carbocycles. The van der Waals surface area contributed by atoms with Crippen molar-refractivity contribution < 1.29 is 14.3 Å². The third-order valence-electron chi connectivity index (χ3n) is 4.46. The van der Waals surface area contributed by atoms with Crippen LogP contribution in [0, 0.1) is 5.92 Å². The van der Waals surface area contributed by atoms with Gasteiger partial charge in [-0.15, -0.1) is 10.2 Å². The molecule has 0 bridgehead atoms. The molecular weight excluding hydrogens is 392 g/mol. The van der Waals surface area contributed by atoms with Gasteiger partial charge in [-0.1, -0.05) is 49.4 Å². The standard InChI is InChI=1S/C24H30N4O3/c1-18(15-22(29)31-24(2,3)4)17-28-26-23(25-27-28)20-11-8-12-21(16-20)30-14-13-19-9-6-5-7-10-19/h5-12,16,18H,13-15,17H2,1-4H3/t18-/m1/s1. The molecule has 0 fully saturated rings. The summed E-state index contributed by atoms with van der Waals surface area (Å²) in [5.74, 6) is 1.10. The second-order valence-corrected chi connectivity index (χ2v) is 8.68. The largest absolute Gasteiger partial charge is 0.493 e. The number of carbonyl (C=O) groups excluding carboxylic acids is 1. The summed E-state index contributed by atoms with van der Waals surface area (Å²) in [4.78, 5) is 13.5. The molecule has 3 aromatic rings. The van der Waals surface area contributed by atoms with Crippen molar-refractivity contribution in [2.24, 2.45) is 5.92 Å². The highest BCUT2D eigenvalue weighted by molar-refractivity contribution is 5.70. The lowest BCUT2D eigenvalue weighted by Crippen LogP contribution is -2.25. The number of ether oxygens (including phenoxy) is 2. The van der Waals surface area contributed by atoms with Gasteiger partial charge in [-0.25, -0.2) is 0 Å². The maximum absolute atomic E-state index is 12.0. The van der Waals surface area contributed by atoms with Gasteiger partial charge >= 0.3 is 5.97 Å². The number of hydrogen-bond donors (Lipinski definition) is 0. The fourth-order valence-corrected chi connectivity index (χ4v) is 3.10. The van der Waals surface area contributed by atoms with E-state index in [1.165, 1.54) is 10.4 Å². The van der Waals surface area contributed by atoms with Crippen LogP contribution in [0.5, 0.6) is 5.75 Å². The molecule has 0 N–H and O–H groups in total. The maximum atomic E-state index is 12.0. The van der Waals surface area contributed by atoms with E-state index in [-0.39, 0.29) is 11.9 Å². The Kier molecular flexibility index (Phi) is 7.39. The van der Waals surface area contributed by atoms with E-state index in [2.05, 4.69) is 27.5 Å². The zero-order valence-electron chi connectivity index (χ0n) is 18.6. The van der Waals surface area contributed by atoms with E-state index >= 15 is 0 Å². The lowest BCUT2D eigenvalue weighted by atomic mass is 10.1. The van der Waals surface area contributed by atoms with Crippen LogP contribution < -0.4 is 4.74 Å². The Hall–Kier alpha value is -3.22. The van der Waals surface area contributed by atoms with Gasteiger partial charge in [0.25, 0.3) is 0 Å². The van der Waals surface area contributed by atoms with Gasteiger partial charge in [0.15, 0.2) is 0 Å². The molecule has 31 heavy (non-hydrogen) atoms. The second kappa shape index (κ2) is 10.2. The summed E-state index contributed by atoms with van der Waals surface area (Å²) < 4.78 is 11.3. The first-order valence-electron chi connectivity index (χ1n) is 10.6. The van der Waals surface area contributed by atoms with Crippen LogP contribution in [-0.4, -0.2) is 38.4 Å². The highest BCUT2D eigenvalue weighted by atomic mass is 16.6. The van der Waals surface area contributed by atoms with Crippen LogP contribution in [0.25, 0.3) is 11.4 Å². The fraction of sp³-hybridized carbons (Fsp3) is 0.417. The van der Waals surface area contributed by atoms with Gasteiger partial charge in [0.05, 0.1) is 13.2 Å². The molecule has 3 rings (SSSR count). The molecule has 0 saturated heterocycles. The van der Waals surface area contributed by atoms with Gasteiger partial charge in [0.1, 0.15) is 11.4 Å². The van der Waals surface area contributed by atoms with Crippen LogP contribution in [0.2, 0.25) is 0 Å². The van der Waals surface area contributed by atoms with Crippen LogP contribution in [0.1, 0.15) is 39.7 Å². The predicted octanol–water partition coefficient (Wildman–Crippen LogP) is 4.33. The smallest absolute Gasteiger partial charge is 0.306 e. The average Bonchev–Trinajstić information content (AvgIpc) is 3.16. The van der Waals surface area contributed by atoms with E-state index in [0.29, 0.717) is 25.4 Å². The SMILES string of the molecule is C[C@H](CC(=O)OC(C)(C)C)Cn1nnc(-c2cccc(OCCc3ccccc3)c2)n1. The lowest BCUT2D eigenvalue weighted by Gasteiger charge is -2.20. The Morgan fingerprint density at radius 3 is 2.61 bits per heavy atom. The second-order valence-electron chi connectivity index (χ2n) is 8.68. The molecule has 0 spiro atoms. The molecule has 0 amide bonds. The van der Waals surface area contributed by atoms with Crippen molar-refractivity contribution in [2.45, 2.75) is 52.7 Å². The zero-order chi connectivity index (χ0) is 22.3. The van der Waals surface area contributed by atoms with Gasteiger partial charge in [-0.3, -0.25) is 4.79 Å². The Morgan fingerprint density at radius 2 is 1.87 bits per heavy atom. The van der Waals surface area contributed by atoms with Crippen molar-refractivity contribution in [2.75, 3.05) is 6.61 Å². The van der Waals surface area contributed by atoms with E-state index < -0.39 is 5.60 Å². The van der Waals surface area contributed by atoms with Crippen LogP contribution in [0.4, 0.5) is 0 Å². The van der Waals surface area contributed by atoms with E-state index in [0.717, 1.165) is 17.7 Å². The van der Waals surface area contributed by atoms with Crippen molar-refractivity contribution in [3.63, 3.8) is 0 Å². The number of aromatic nitrogens is 4. The molecule has 164 valence electrons. The molecular formula is C24H30N4O3. The van der Waals surface area contributed by atoms with Crippen molar-refractivity contribution in [3.05, 3.63) is 60.2 Å². The molecule has 0 radical (unpaired) electrons. The van der Waals surface area contributed by atoms with Crippen LogP contribution in [0.15, 0.2) is 54.6 Å².